The van der Waals surface area contributed by atoms with Gasteiger partial charge in [0.1, 0.15) is 17.2 Å². The molecule has 0 amide bonds. The minimum absolute atomic E-state index is 0.423. The quantitative estimate of drug-likeness (QED) is 0.766. The lowest BCUT2D eigenvalue weighted by atomic mass is 10.1. The molecule has 1 aromatic rings. The molecule has 16 heavy (non-hydrogen) atoms. The highest BCUT2D eigenvalue weighted by Gasteiger charge is 2.38. The van der Waals surface area contributed by atoms with Crippen LogP contribution in [-0.2, 0) is 0 Å². The maximum absolute atomic E-state index is 12.2. The van der Waals surface area contributed by atoms with Crippen LogP contribution >= 0.6 is 15.9 Å². The summed E-state index contributed by atoms with van der Waals surface area (Å²) in [6.07, 6.45) is -4.28. The molecule has 0 saturated heterocycles. The standard InChI is InChI=1S/C11H12BrF3O/c1-7-3-4-8(2)9(5-7)16-6-10(12)11(13,14)15/h3-5,10H,6H2,1-2H3. The molecule has 0 aliphatic carbocycles. The summed E-state index contributed by atoms with van der Waals surface area (Å²) < 4.78 is 41.8. The second-order valence-corrected chi connectivity index (χ2v) is 4.69. The van der Waals surface area contributed by atoms with Gasteiger partial charge in [0.2, 0.25) is 0 Å². The van der Waals surface area contributed by atoms with Crippen LogP contribution in [0.5, 0.6) is 5.75 Å². The van der Waals surface area contributed by atoms with Crippen molar-refractivity contribution in [1.82, 2.24) is 0 Å². The monoisotopic (exact) mass is 296 g/mol. The Bertz CT molecular complexity index is 363. The summed E-state index contributed by atoms with van der Waals surface area (Å²) in [5.74, 6) is 0.494. The first-order valence-electron chi connectivity index (χ1n) is 4.71. The van der Waals surface area contributed by atoms with Crippen LogP contribution in [0, 0.1) is 13.8 Å². The van der Waals surface area contributed by atoms with Gasteiger partial charge in [-0.25, -0.2) is 0 Å². The third kappa shape index (κ3) is 3.70. The van der Waals surface area contributed by atoms with Crippen LogP contribution in [0.3, 0.4) is 0 Å². The molecule has 0 radical (unpaired) electrons. The van der Waals surface area contributed by atoms with E-state index in [4.69, 9.17) is 4.74 Å². The number of halogens is 4. The molecule has 0 heterocycles. The van der Waals surface area contributed by atoms with Gasteiger partial charge in [0, 0.05) is 0 Å². The highest BCUT2D eigenvalue weighted by molar-refractivity contribution is 9.09. The first-order chi connectivity index (χ1) is 7.30. The summed E-state index contributed by atoms with van der Waals surface area (Å²) in [6.45, 7) is 3.24. The van der Waals surface area contributed by atoms with Crippen molar-refractivity contribution in [3.05, 3.63) is 29.3 Å². The highest BCUT2D eigenvalue weighted by Crippen LogP contribution is 2.28. The topological polar surface area (TPSA) is 9.23 Å². The van der Waals surface area contributed by atoms with Crippen molar-refractivity contribution >= 4 is 15.9 Å². The molecule has 0 aromatic heterocycles. The fourth-order valence-electron chi connectivity index (χ4n) is 1.12. The largest absolute Gasteiger partial charge is 0.492 e. The van der Waals surface area contributed by atoms with Crippen LogP contribution in [0.15, 0.2) is 18.2 Å². The molecule has 0 N–H and O–H groups in total. The van der Waals surface area contributed by atoms with Gasteiger partial charge in [-0.3, -0.25) is 0 Å². The lowest BCUT2D eigenvalue weighted by Crippen LogP contribution is -2.29. The van der Waals surface area contributed by atoms with Crippen molar-refractivity contribution in [2.45, 2.75) is 24.9 Å². The average Bonchev–Trinajstić information content (AvgIpc) is 2.17. The van der Waals surface area contributed by atoms with Crippen LogP contribution < -0.4 is 4.74 Å². The van der Waals surface area contributed by atoms with Crippen LogP contribution in [-0.4, -0.2) is 17.6 Å². The predicted octanol–water partition coefficient (Wildman–Crippen LogP) is 4.01. The second-order valence-electron chi connectivity index (χ2n) is 3.59. The van der Waals surface area contributed by atoms with E-state index < -0.39 is 17.6 Å². The smallest absolute Gasteiger partial charge is 0.404 e. The summed E-state index contributed by atoms with van der Waals surface area (Å²) in [6, 6.07) is 5.44. The molecule has 1 aromatic carbocycles. The first kappa shape index (κ1) is 13.4. The molecule has 90 valence electrons. The lowest BCUT2D eigenvalue weighted by molar-refractivity contribution is -0.132. The van der Waals surface area contributed by atoms with Gasteiger partial charge < -0.3 is 4.74 Å². The summed E-state index contributed by atoms with van der Waals surface area (Å²) in [7, 11) is 0. The Morgan fingerprint density at radius 1 is 1.31 bits per heavy atom. The van der Waals surface area contributed by atoms with Crippen molar-refractivity contribution < 1.29 is 17.9 Å². The van der Waals surface area contributed by atoms with E-state index in [1.807, 2.05) is 19.1 Å². The fraction of sp³-hybridized carbons (Fsp3) is 0.455. The number of aryl methyl sites for hydroxylation is 2. The normalized spacial score (nSPS) is 13.6. The van der Waals surface area contributed by atoms with E-state index in [2.05, 4.69) is 15.9 Å². The number of ether oxygens (including phenoxy) is 1. The predicted molar refractivity (Wildman–Crippen MR) is 60.2 cm³/mol. The Hall–Kier alpha value is -0.710. The van der Waals surface area contributed by atoms with Gasteiger partial charge in [-0.05, 0) is 31.0 Å². The van der Waals surface area contributed by atoms with Crippen molar-refractivity contribution in [3.63, 3.8) is 0 Å². The van der Waals surface area contributed by atoms with Crippen LogP contribution in [0.1, 0.15) is 11.1 Å². The zero-order chi connectivity index (χ0) is 12.3. The van der Waals surface area contributed by atoms with Crippen LogP contribution in [0.2, 0.25) is 0 Å². The molecular weight excluding hydrogens is 285 g/mol. The van der Waals surface area contributed by atoms with Gasteiger partial charge in [0.15, 0.2) is 0 Å². The van der Waals surface area contributed by atoms with Crippen molar-refractivity contribution in [1.29, 1.82) is 0 Å². The molecule has 5 heteroatoms. The molecule has 0 aliphatic heterocycles. The Morgan fingerprint density at radius 3 is 2.50 bits per heavy atom. The van der Waals surface area contributed by atoms with Gasteiger partial charge in [-0.2, -0.15) is 13.2 Å². The lowest BCUT2D eigenvalue weighted by Gasteiger charge is -2.16. The molecule has 1 unspecified atom stereocenters. The molecule has 0 saturated carbocycles. The zero-order valence-corrected chi connectivity index (χ0v) is 10.5. The number of benzene rings is 1. The number of rotatable bonds is 3. The summed E-state index contributed by atoms with van der Waals surface area (Å²) in [5, 5.41) is 0. The van der Waals surface area contributed by atoms with E-state index in [1.165, 1.54) is 0 Å². The molecular formula is C11H12BrF3O. The molecule has 0 aliphatic rings. The number of hydrogen-bond acceptors (Lipinski definition) is 1. The fourth-order valence-corrected chi connectivity index (χ4v) is 1.25. The van der Waals surface area contributed by atoms with E-state index in [1.54, 1.807) is 13.0 Å². The minimum atomic E-state index is -4.28. The molecule has 1 atom stereocenters. The van der Waals surface area contributed by atoms with E-state index in [-0.39, 0.29) is 0 Å². The molecule has 0 spiro atoms. The minimum Gasteiger partial charge on any atom is -0.492 e. The van der Waals surface area contributed by atoms with Gasteiger partial charge in [0.25, 0.3) is 0 Å². The Morgan fingerprint density at radius 2 is 1.94 bits per heavy atom. The Labute approximate surface area is 101 Å². The third-order valence-corrected chi connectivity index (χ3v) is 2.87. The number of alkyl halides is 4. The van der Waals surface area contributed by atoms with E-state index >= 15 is 0 Å². The SMILES string of the molecule is Cc1ccc(C)c(OCC(Br)C(F)(F)F)c1. The summed E-state index contributed by atoms with van der Waals surface area (Å²) in [4.78, 5) is -1.64. The molecule has 0 fully saturated rings. The molecule has 1 rings (SSSR count). The van der Waals surface area contributed by atoms with Crippen LogP contribution in [0.25, 0.3) is 0 Å². The van der Waals surface area contributed by atoms with Crippen LogP contribution in [0.4, 0.5) is 13.2 Å². The molecule has 1 nitrogen and oxygen atoms in total. The summed E-state index contributed by atoms with van der Waals surface area (Å²) >= 11 is 2.55. The Balaban J connectivity index is 2.64. The van der Waals surface area contributed by atoms with Gasteiger partial charge >= 0.3 is 6.18 Å². The Kier molecular flexibility index (Phi) is 4.24. The summed E-state index contributed by atoms with van der Waals surface area (Å²) in [5.41, 5.74) is 1.78. The maximum atomic E-state index is 12.2. The average molecular weight is 297 g/mol. The van der Waals surface area contributed by atoms with E-state index in [0.717, 1.165) is 11.1 Å². The van der Waals surface area contributed by atoms with Gasteiger partial charge in [-0.15, -0.1) is 0 Å². The number of hydrogen-bond donors (Lipinski definition) is 0. The molecule has 0 bridgehead atoms. The van der Waals surface area contributed by atoms with Gasteiger partial charge in [0.05, 0.1) is 0 Å². The van der Waals surface area contributed by atoms with E-state index in [0.29, 0.717) is 5.75 Å². The second kappa shape index (κ2) is 5.08. The third-order valence-electron chi connectivity index (χ3n) is 2.08. The van der Waals surface area contributed by atoms with E-state index in [9.17, 15) is 13.2 Å². The van der Waals surface area contributed by atoms with Crippen molar-refractivity contribution in [2.24, 2.45) is 0 Å². The first-order valence-corrected chi connectivity index (χ1v) is 5.63. The maximum Gasteiger partial charge on any atom is 0.404 e. The van der Waals surface area contributed by atoms with Crippen molar-refractivity contribution in [3.8, 4) is 5.75 Å². The van der Waals surface area contributed by atoms with Gasteiger partial charge in [-0.1, -0.05) is 28.1 Å². The zero-order valence-electron chi connectivity index (χ0n) is 8.94. The highest BCUT2D eigenvalue weighted by atomic mass is 79.9. The van der Waals surface area contributed by atoms with Crippen molar-refractivity contribution in [2.75, 3.05) is 6.61 Å².